The molecule has 5 heterocycles. The van der Waals surface area contributed by atoms with E-state index in [-0.39, 0.29) is 0 Å². The second-order valence-corrected chi connectivity index (χ2v) is 16.6. The predicted molar refractivity (Wildman–Crippen MR) is 263 cm³/mol. The summed E-state index contributed by atoms with van der Waals surface area (Å²) >= 11 is 0. The lowest BCUT2D eigenvalue weighted by atomic mass is 10.0. The zero-order valence-electron chi connectivity index (χ0n) is 34.4. The molecule has 0 fully saturated rings. The largest absolute Gasteiger partial charge is 0.452 e. The molecule has 9 aromatic carbocycles. The van der Waals surface area contributed by atoms with E-state index in [1.165, 1.54) is 54.5 Å². The quantitative estimate of drug-likeness (QED) is 0.174. The Morgan fingerprint density at radius 1 is 0.312 bits per heavy atom. The Labute approximate surface area is 366 Å². The molecule has 0 aliphatic rings. The first-order valence-corrected chi connectivity index (χ1v) is 21.6. The molecule has 0 saturated heterocycles. The summed E-state index contributed by atoms with van der Waals surface area (Å²) in [6.07, 6.45) is 1.66. The van der Waals surface area contributed by atoms with Crippen molar-refractivity contribution in [1.82, 2.24) is 23.7 Å². The van der Waals surface area contributed by atoms with Gasteiger partial charge in [-0.25, -0.2) is 9.97 Å². The van der Waals surface area contributed by atoms with Gasteiger partial charge in [-0.3, -0.25) is 0 Å². The third kappa shape index (κ3) is 5.02. The van der Waals surface area contributed by atoms with Crippen LogP contribution in [0, 0.1) is 0 Å². The lowest BCUT2D eigenvalue weighted by Crippen LogP contribution is -1.95. The van der Waals surface area contributed by atoms with Crippen molar-refractivity contribution in [3.63, 3.8) is 0 Å². The van der Waals surface area contributed by atoms with Crippen LogP contribution in [-0.4, -0.2) is 23.7 Å². The molecule has 0 spiro atoms. The van der Waals surface area contributed by atoms with Crippen LogP contribution in [0.2, 0.25) is 0 Å². The van der Waals surface area contributed by atoms with Gasteiger partial charge in [-0.15, -0.1) is 0 Å². The van der Waals surface area contributed by atoms with Gasteiger partial charge in [0.2, 0.25) is 0 Å². The number of rotatable bonds is 5. The van der Waals surface area contributed by atoms with Gasteiger partial charge in [-0.2, -0.15) is 0 Å². The van der Waals surface area contributed by atoms with Crippen LogP contribution in [-0.2, 0) is 0 Å². The minimum atomic E-state index is 0.671. The normalized spacial score (nSPS) is 12.1. The lowest BCUT2D eigenvalue weighted by molar-refractivity contribution is 0.667. The predicted octanol–water partition coefficient (Wildman–Crippen LogP) is 15.0. The second-order valence-electron chi connectivity index (χ2n) is 16.6. The Morgan fingerprint density at radius 2 is 0.797 bits per heavy atom. The van der Waals surface area contributed by atoms with Gasteiger partial charge in [0.15, 0.2) is 5.58 Å². The summed E-state index contributed by atoms with van der Waals surface area (Å²) in [5, 5.41) is 8.29. The van der Waals surface area contributed by atoms with Gasteiger partial charge in [-0.1, -0.05) is 115 Å². The Morgan fingerprint density at radius 3 is 1.39 bits per heavy atom. The number of aromatic nitrogens is 5. The molecule has 0 N–H and O–H groups in total. The number of fused-ring (bicyclic) bond motifs is 12. The van der Waals surface area contributed by atoms with Crippen molar-refractivity contribution in [2.45, 2.75) is 0 Å². The van der Waals surface area contributed by atoms with Crippen molar-refractivity contribution in [3.8, 4) is 39.4 Å². The maximum absolute atomic E-state index is 6.64. The average Bonchev–Trinajstić information content (AvgIpc) is 4.10. The summed E-state index contributed by atoms with van der Waals surface area (Å²) in [6.45, 7) is 0. The van der Waals surface area contributed by atoms with Gasteiger partial charge in [0.25, 0.3) is 0 Å². The lowest BCUT2D eigenvalue weighted by Gasteiger charge is -2.11. The van der Waals surface area contributed by atoms with E-state index in [1.54, 1.807) is 6.33 Å². The van der Waals surface area contributed by atoms with Crippen LogP contribution in [0.4, 0.5) is 0 Å². The van der Waals surface area contributed by atoms with E-state index < -0.39 is 0 Å². The SMILES string of the molecule is c1ccc(-n2c3ccccc3c3cc(-c4ccc5c(c4)c4ccccc4n5-c4cccc(-c5ncnc6c5oc5ccc(-n7c8ccccc8c8ccccc87)cc56)c4)ccc32)cc1. The molecule has 5 aromatic heterocycles. The van der Waals surface area contributed by atoms with Crippen molar-refractivity contribution >= 4 is 87.5 Å². The van der Waals surface area contributed by atoms with Crippen molar-refractivity contribution in [3.05, 3.63) is 213 Å². The number of nitrogens with zero attached hydrogens (tertiary/aromatic N) is 5. The molecule has 6 heteroatoms. The van der Waals surface area contributed by atoms with Crippen molar-refractivity contribution in [2.24, 2.45) is 0 Å². The highest BCUT2D eigenvalue weighted by Gasteiger charge is 2.20. The van der Waals surface area contributed by atoms with Crippen molar-refractivity contribution in [2.75, 3.05) is 0 Å². The Kier molecular flexibility index (Phi) is 7.30. The zero-order valence-corrected chi connectivity index (χ0v) is 34.4. The molecule has 0 bridgehead atoms. The number of para-hydroxylation sites is 5. The number of hydrogen-bond acceptors (Lipinski definition) is 3. The molecule has 6 nitrogen and oxygen atoms in total. The molecule has 64 heavy (non-hydrogen) atoms. The monoisotopic (exact) mass is 817 g/mol. The summed E-state index contributed by atoms with van der Waals surface area (Å²) in [5.74, 6) is 0. The van der Waals surface area contributed by atoms with Gasteiger partial charge in [0, 0.05) is 60.3 Å². The fourth-order valence-corrected chi connectivity index (χ4v) is 10.3. The molecular formula is C58H35N5O. The van der Waals surface area contributed by atoms with Gasteiger partial charge < -0.3 is 18.1 Å². The third-order valence-electron chi connectivity index (χ3n) is 13.1. The number of furan rings is 1. The molecule has 0 radical (unpaired) electrons. The summed E-state index contributed by atoms with van der Waals surface area (Å²) in [7, 11) is 0. The van der Waals surface area contributed by atoms with Crippen LogP contribution < -0.4 is 0 Å². The first-order valence-electron chi connectivity index (χ1n) is 21.6. The van der Waals surface area contributed by atoms with Gasteiger partial charge in [0.05, 0.1) is 33.1 Å². The summed E-state index contributed by atoms with van der Waals surface area (Å²) in [4.78, 5) is 9.67. The van der Waals surface area contributed by atoms with Crippen LogP contribution in [0.3, 0.4) is 0 Å². The highest BCUT2D eigenvalue weighted by atomic mass is 16.3. The first-order chi connectivity index (χ1) is 31.7. The molecule has 14 rings (SSSR count). The van der Waals surface area contributed by atoms with E-state index >= 15 is 0 Å². The third-order valence-corrected chi connectivity index (χ3v) is 13.1. The van der Waals surface area contributed by atoms with E-state index in [4.69, 9.17) is 14.4 Å². The molecule has 0 unspecified atom stereocenters. The van der Waals surface area contributed by atoms with Crippen molar-refractivity contribution < 1.29 is 4.42 Å². The summed E-state index contributed by atoms with van der Waals surface area (Å²) < 4.78 is 13.7. The minimum Gasteiger partial charge on any atom is -0.452 e. The molecule has 0 amide bonds. The molecule has 298 valence electrons. The average molecular weight is 818 g/mol. The van der Waals surface area contributed by atoms with Crippen LogP contribution in [0.5, 0.6) is 0 Å². The smallest absolute Gasteiger partial charge is 0.180 e. The molecular weight excluding hydrogens is 783 g/mol. The summed E-state index contributed by atoms with van der Waals surface area (Å²) in [5.41, 5.74) is 16.6. The Balaban J connectivity index is 0.885. The molecule has 0 saturated carbocycles. The van der Waals surface area contributed by atoms with E-state index in [2.05, 4.69) is 220 Å². The number of benzene rings is 9. The fourth-order valence-electron chi connectivity index (χ4n) is 10.3. The molecule has 0 aliphatic heterocycles. The standard InChI is InChI=1S/C58H35N5O/c1-2-14-39(15-3-1)61-51-23-10-6-19-44(51)46-32-36(25-28-53(46)61)37-26-29-54-47(33-37)45-20-7-11-24-52(45)62(54)40-16-12-13-38(31-40)56-58-57(60-35-59-56)48-34-41(27-30-55(48)64-58)63-49-21-8-4-17-42(49)43-18-5-9-22-50(43)63/h1-35H. The fraction of sp³-hybridized carbons (Fsp3) is 0. The Hall–Kier alpha value is -8.74. The number of hydrogen-bond donors (Lipinski definition) is 0. The highest BCUT2D eigenvalue weighted by molar-refractivity contribution is 6.14. The second kappa shape index (κ2) is 13.4. The Bertz CT molecular complexity index is 4150. The molecule has 14 aromatic rings. The maximum Gasteiger partial charge on any atom is 0.180 e. The topological polar surface area (TPSA) is 53.7 Å². The van der Waals surface area contributed by atoms with Gasteiger partial charge in [-0.05, 0) is 102 Å². The van der Waals surface area contributed by atoms with E-state index in [0.717, 1.165) is 66.9 Å². The van der Waals surface area contributed by atoms with Gasteiger partial charge in [0.1, 0.15) is 23.1 Å². The highest BCUT2D eigenvalue weighted by Crippen LogP contribution is 2.41. The van der Waals surface area contributed by atoms with Gasteiger partial charge >= 0.3 is 0 Å². The maximum atomic E-state index is 6.64. The van der Waals surface area contributed by atoms with E-state index in [0.29, 0.717) is 5.58 Å². The van der Waals surface area contributed by atoms with E-state index in [1.807, 2.05) is 0 Å². The first kappa shape index (κ1) is 34.9. The van der Waals surface area contributed by atoms with Crippen LogP contribution in [0.25, 0.3) is 127 Å². The van der Waals surface area contributed by atoms with Crippen LogP contribution in [0.15, 0.2) is 217 Å². The zero-order chi connectivity index (χ0) is 41.9. The van der Waals surface area contributed by atoms with E-state index in [9.17, 15) is 0 Å². The minimum absolute atomic E-state index is 0.671. The van der Waals surface area contributed by atoms with Crippen molar-refractivity contribution in [1.29, 1.82) is 0 Å². The molecule has 0 atom stereocenters. The van der Waals surface area contributed by atoms with Crippen LogP contribution >= 0.6 is 0 Å². The summed E-state index contributed by atoms with van der Waals surface area (Å²) in [6, 6.07) is 73.9. The molecule has 0 aliphatic carbocycles. The van der Waals surface area contributed by atoms with Crippen LogP contribution in [0.1, 0.15) is 0 Å².